The van der Waals surface area contributed by atoms with E-state index in [0.29, 0.717) is 17.9 Å². The van der Waals surface area contributed by atoms with Crippen LogP contribution in [0.3, 0.4) is 0 Å². The number of carbonyl (C=O) groups excluding carboxylic acids is 1. The molecule has 1 amide bonds. The Morgan fingerprint density at radius 2 is 1.72 bits per heavy atom. The van der Waals surface area contributed by atoms with E-state index >= 15 is 0 Å². The Kier molecular flexibility index (Phi) is 7.00. The van der Waals surface area contributed by atoms with Gasteiger partial charge in [-0.1, -0.05) is 42.5 Å². The van der Waals surface area contributed by atoms with Gasteiger partial charge in [0.25, 0.3) is 0 Å². The van der Waals surface area contributed by atoms with Gasteiger partial charge in [-0.05, 0) is 55.4 Å². The zero-order valence-corrected chi connectivity index (χ0v) is 18.8. The number of fused-ring (bicyclic) bond motifs is 1. The second kappa shape index (κ2) is 10.3. The summed E-state index contributed by atoms with van der Waals surface area (Å²) in [5, 5.41) is 7.65. The van der Waals surface area contributed by atoms with Crippen molar-refractivity contribution in [3.63, 3.8) is 0 Å². The van der Waals surface area contributed by atoms with Crippen LogP contribution in [0, 0.1) is 5.92 Å². The number of nitrogens with zero attached hydrogens (tertiary/aromatic N) is 3. The molecular formula is C26H31N5O. The molecule has 0 saturated heterocycles. The predicted molar refractivity (Wildman–Crippen MR) is 132 cm³/mol. The molecule has 3 aromatic rings. The van der Waals surface area contributed by atoms with Crippen molar-refractivity contribution in [2.75, 3.05) is 30.9 Å². The minimum Gasteiger partial charge on any atom is -0.362 e. The lowest BCUT2D eigenvalue weighted by atomic mass is 9.86. The zero-order chi connectivity index (χ0) is 22.3. The normalized spacial score (nSPS) is 18.6. The maximum absolute atomic E-state index is 12.1. The fourth-order valence-electron chi connectivity index (χ4n) is 4.20. The highest BCUT2D eigenvalue weighted by Crippen LogP contribution is 2.28. The van der Waals surface area contributed by atoms with Crippen molar-refractivity contribution in [2.24, 2.45) is 5.92 Å². The number of benzene rings is 2. The second-order valence-electron chi connectivity index (χ2n) is 8.63. The van der Waals surface area contributed by atoms with Crippen LogP contribution in [0.15, 0.2) is 60.7 Å². The molecule has 0 bridgehead atoms. The highest BCUT2D eigenvalue weighted by molar-refractivity contribution is 5.91. The fourth-order valence-corrected chi connectivity index (χ4v) is 4.20. The molecule has 2 N–H and O–H groups in total. The van der Waals surface area contributed by atoms with Crippen molar-refractivity contribution < 1.29 is 4.79 Å². The third-order valence-corrected chi connectivity index (χ3v) is 5.98. The van der Waals surface area contributed by atoms with Gasteiger partial charge < -0.3 is 15.5 Å². The fraction of sp³-hybridized carbons (Fsp3) is 0.346. The predicted octanol–water partition coefficient (Wildman–Crippen LogP) is 4.50. The van der Waals surface area contributed by atoms with E-state index in [9.17, 15) is 4.79 Å². The average Bonchev–Trinajstić information content (AvgIpc) is 2.82. The molecule has 4 rings (SSSR count). The average molecular weight is 430 g/mol. The Morgan fingerprint density at radius 3 is 2.47 bits per heavy atom. The Morgan fingerprint density at radius 1 is 1.00 bits per heavy atom. The molecule has 32 heavy (non-hydrogen) atoms. The van der Waals surface area contributed by atoms with E-state index in [1.54, 1.807) is 6.08 Å². The summed E-state index contributed by atoms with van der Waals surface area (Å²) in [7, 11) is 4.01. The van der Waals surface area contributed by atoms with E-state index in [0.717, 1.165) is 54.5 Å². The van der Waals surface area contributed by atoms with Crippen LogP contribution in [0.1, 0.15) is 31.2 Å². The van der Waals surface area contributed by atoms with E-state index in [4.69, 9.17) is 9.97 Å². The molecule has 1 aliphatic rings. The third-order valence-electron chi connectivity index (χ3n) is 5.98. The molecular weight excluding hydrogens is 398 g/mol. The van der Waals surface area contributed by atoms with E-state index in [1.807, 2.05) is 73.6 Å². The van der Waals surface area contributed by atoms with Crippen molar-refractivity contribution in [1.82, 2.24) is 15.3 Å². The van der Waals surface area contributed by atoms with Gasteiger partial charge in [-0.3, -0.25) is 4.79 Å². The maximum atomic E-state index is 12.1. The van der Waals surface area contributed by atoms with Gasteiger partial charge in [0.05, 0.1) is 5.52 Å². The number of anilines is 2. The van der Waals surface area contributed by atoms with Gasteiger partial charge in [0.15, 0.2) is 0 Å². The van der Waals surface area contributed by atoms with Gasteiger partial charge in [0.2, 0.25) is 11.9 Å². The summed E-state index contributed by atoms with van der Waals surface area (Å²) in [5.74, 6) is 2.10. The van der Waals surface area contributed by atoms with Crippen molar-refractivity contribution >= 4 is 34.7 Å². The van der Waals surface area contributed by atoms with Gasteiger partial charge in [-0.15, -0.1) is 0 Å². The monoisotopic (exact) mass is 429 g/mol. The minimum atomic E-state index is -0.0325. The third kappa shape index (κ3) is 5.63. The molecule has 1 aliphatic carbocycles. The summed E-state index contributed by atoms with van der Waals surface area (Å²) in [6.45, 7) is 0.724. The van der Waals surface area contributed by atoms with E-state index in [2.05, 4.69) is 16.7 Å². The summed E-state index contributed by atoms with van der Waals surface area (Å²) in [6.07, 6.45) is 7.72. The quantitative estimate of drug-likeness (QED) is 0.541. The van der Waals surface area contributed by atoms with Crippen LogP contribution in [0.2, 0.25) is 0 Å². The van der Waals surface area contributed by atoms with Crippen molar-refractivity contribution in [3.05, 3.63) is 66.2 Å². The molecule has 1 aromatic heterocycles. The molecule has 0 unspecified atom stereocenters. The summed E-state index contributed by atoms with van der Waals surface area (Å²) < 4.78 is 0. The molecule has 0 atom stereocenters. The summed E-state index contributed by atoms with van der Waals surface area (Å²) in [4.78, 5) is 23.6. The lowest BCUT2D eigenvalue weighted by Crippen LogP contribution is -2.33. The Balaban J connectivity index is 1.27. The lowest BCUT2D eigenvalue weighted by Gasteiger charge is -2.29. The molecule has 0 radical (unpaired) electrons. The molecule has 6 heteroatoms. The topological polar surface area (TPSA) is 70.2 Å². The minimum absolute atomic E-state index is 0.0325. The van der Waals surface area contributed by atoms with Crippen LogP contribution in [0.5, 0.6) is 0 Å². The smallest absolute Gasteiger partial charge is 0.244 e. The lowest BCUT2D eigenvalue weighted by molar-refractivity contribution is -0.116. The number of aromatic nitrogens is 2. The Bertz CT molecular complexity index is 1070. The molecule has 1 heterocycles. The van der Waals surface area contributed by atoms with Gasteiger partial charge in [0.1, 0.15) is 5.82 Å². The Labute approximate surface area is 189 Å². The number of nitrogens with one attached hydrogen (secondary N) is 2. The molecule has 1 saturated carbocycles. The van der Waals surface area contributed by atoms with Crippen molar-refractivity contribution in [3.8, 4) is 0 Å². The SMILES string of the molecule is CN(C)c1nc(NC2CCC(CNC(=O)/C=C/c3ccccc3)CC2)nc2ccccc12. The van der Waals surface area contributed by atoms with Crippen LogP contribution in [0.4, 0.5) is 11.8 Å². The van der Waals surface area contributed by atoms with Crippen LogP contribution < -0.4 is 15.5 Å². The first-order chi connectivity index (χ1) is 15.6. The zero-order valence-electron chi connectivity index (χ0n) is 18.8. The second-order valence-corrected chi connectivity index (χ2v) is 8.63. The molecule has 1 fully saturated rings. The van der Waals surface area contributed by atoms with Gasteiger partial charge in [0, 0.05) is 38.1 Å². The highest BCUT2D eigenvalue weighted by Gasteiger charge is 2.22. The first-order valence-electron chi connectivity index (χ1n) is 11.3. The standard InChI is InChI=1S/C26H31N5O/c1-31(2)25-22-10-6-7-11-23(22)29-26(30-25)28-21-15-12-20(13-16-21)18-27-24(32)17-14-19-8-4-3-5-9-19/h3-11,14,17,20-21H,12-13,15-16,18H2,1-2H3,(H,27,32)(H,28,29,30)/b17-14+. The Hall–Kier alpha value is -3.41. The number of hydrogen-bond acceptors (Lipinski definition) is 5. The van der Waals surface area contributed by atoms with Gasteiger partial charge >= 0.3 is 0 Å². The molecule has 0 spiro atoms. The maximum Gasteiger partial charge on any atom is 0.244 e. The van der Waals surface area contributed by atoms with Crippen LogP contribution in [-0.2, 0) is 4.79 Å². The van der Waals surface area contributed by atoms with Crippen LogP contribution in [-0.4, -0.2) is 42.6 Å². The molecule has 0 aliphatic heterocycles. The largest absolute Gasteiger partial charge is 0.362 e. The van der Waals surface area contributed by atoms with Crippen LogP contribution >= 0.6 is 0 Å². The number of rotatable bonds is 7. The first-order valence-corrected chi connectivity index (χ1v) is 11.3. The van der Waals surface area contributed by atoms with E-state index in [-0.39, 0.29) is 5.91 Å². The molecule has 166 valence electrons. The van der Waals surface area contributed by atoms with Crippen LogP contribution in [0.25, 0.3) is 17.0 Å². The summed E-state index contributed by atoms with van der Waals surface area (Å²) in [6, 6.07) is 18.3. The van der Waals surface area contributed by atoms with Crippen molar-refractivity contribution in [1.29, 1.82) is 0 Å². The summed E-state index contributed by atoms with van der Waals surface area (Å²) in [5.41, 5.74) is 1.98. The van der Waals surface area contributed by atoms with E-state index < -0.39 is 0 Å². The van der Waals surface area contributed by atoms with Gasteiger partial charge in [-0.2, -0.15) is 4.98 Å². The van der Waals surface area contributed by atoms with E-state index in [1.165, 1.54) is 0 Å². The van der Waals surface area contributed by atoms with Gasteiger partial charge in [-0.25, -0.2) is 4.98 Å². The number of para-hydroxylation sites is 1. The molecule has 2 aromatic carbocycles. The number of carbonyl (C=O) groups is 1. The highest BCUT2D eigenvalue weighted by atomic mass is 16.1. The van der Waals surface area contributed by atoms with Crippen molar-refractivity contribution in [2.45, 2.75) is 31.7 Å². The number of amides is 1. The molecule has 6 nitrogen and oxygen atoms in total. The first kappa shape index (κ1) is 21.8. The number of hydrogen-bond donors (Lipinski definition) is 2. The summed E-state index contributed by atoms with van der Waals surface area (Å²) >= 11 is 0.